The molecule has 6 nitrogen and oxygen atoms in total. The average molecular weight is 266 g/mol. The third-order valence-corrected chi connectivity index (χ3v) is 2.71. The van der Waals surface area contributed by atoms with Crippen LogP contribution in [0.15, 0.2) is 24.4 Å². The number of hydrogen-bond acceptors (Lipinski definition) is 4. The lowest BCUT2D eigenvalue weighted by molar-refractivity contribution is -0.141. The molecule has 0 bridgehead atoms. The summed E-state index contributed by atoms with van der Waals surface area (Å²) in [7, 11) is 0. The lowest BCUT2D eigenvalue weighted by Crippen LogP contribution is -2.33. The Balaban J connectivity index is 2.63. The van der Waals surface area contributed by atoms with Gasteiger partial charge in [0.05, 0.1) is 18.0 Å². The molecule has 1 unspecified atom stereocenters. The first-order chi connectivity index (χ1) is 8.99. The zero-order chi connectivity index (χ0) is 14.3. The monoisotopic (exact) mass is 266 g/mol. The number of aromatic nitrogens is 1. The zero-order valence-electron chi connectivity index (χ0n) is 10.8. The quantitative estimate of drug-likeness (QED) is 0.731. The lowest BCUT2D eigenvalue weighted by atomic mass is 10.1. The van der Waals surface area contributed by atoms with Gasteiger partial charge in [0.25, 0.3) is 0 Å². The van der Waals surface area contributed by atoms with Gasteiger partial charge in [0.2, 0.25) is 0 Å². The molecule has 104 valence electrons. The summed E-state index contributed by atoms with van der Waals surface area (Å²) < 4.78 is 0. The standard InChI is InChI=1S/C13H18N2O4/c1-10(13(18)19)8-15(7-5-12(16)17)9-11-4-2-3-6-14-11/h2-4,6,10H,5,7-9H2,1H3,(H,16,17)(H,18,19). The normalized spacial score (nSPS) is 12.3. The van der Waals surface area contributed by atoms with Crippen LogP contribution in [0, 0.1) is 5.92 Å². The Kier molecular flexibility index (Phi) is 5.95. The van der Waals surface area contributed by atoms with Crippen molar-refractivity contribution in [3.63, 3.8) is 0 Å². The van der Waals surface area contributed by atoms with Crippen molar-refractivity contribution in [1.29, 1.82) is 0 Å². The largest absolute Gasteiger partial charge is 0.481 e. The summed E-state index contributed by atoms with van der Waals surface area (Å²) in [6.45, 7) is 2.67. The molecule has 0 spiro atoms. The zero-order valence-corrected chi connectivity index (χ0v) is 10.8. The van der Waals surface area contributed by atoms with E-state index in [0.29, 0.717) is 19.6 Å². The third kappa shape index (κ3) is 5.96. The van der Waals surface area contributed by atoms with E-state index in [1.807, 2.05) is 12.1 Å². The first-order valence-electron chi connectivity index (χ1n) is 6.06. The van der Waals surface area contributed by atoms with Gasteiger partial charge < -0.3 is 10.2 Å². The second-order valence-electron chi connectivity index (χ2n) is 4.44. The smallest absolute Gasteiger partial charge is 0.307 e. The van der Waals surface area contributed by atoms with Crippen LogP contribution in [-0.2, 0) is 16.1 Å². The maximum atomic E-state index is 10.9. The molecule has 0 aromatic carbocycles. The molecular formula is C13H18N2O4. The fraction of sp³-hybridized carbons (Fsp3) is 0.462. The molecule has 0 radical (unpaired) electrons. The number of nitrogens with zero attached hydrogens (tertiary/aromatic N) is 2. The minimum atomic E-state index is -0.894. The summed E-state index contributed by atoms with van der Waals surface area (Å²) in [6, 6.07) is 5.47. The summed E-state index contributed by atoms with van der Waals surface area (Å²) in [5, 5.41) is 17.6. The summed E-state index contributed by atoms with van der Waals surface area (Å²) >= 11 is 0. The molecule has 6 heteroatoms. The fourth-order valence-corrected chi connectivity index (χ4v) is 1.67. The highest BCUT2D eigenvalue weighted by atomic mass is 16.4. The van der Waals surface area contributed by atoms with E-state index in [-0.39, 0.29) is 6.42 Å². The van der Waals surface area contributed by atoms with Crippen LogP contribution in [0.5, 0.6) is 0 Å². The Morgan fingerprint density at radius 1 is 1.37 bits per heavy atom. The molecule has 0 fully saturated rings. The van der Waals surface area contributed by atoms with Gasteiger partial charge in [-0.05, 0) is 12.1 Å². The molecule has 1 atom stereocenters. The van der Waals surface area contributed by atoms with Crippen molar-refractivity contribution in [3.8, 4) is 0 Å². The predicted molar refractivity (Wildman–Crippen MR) is 68.6 cm³/mol. The molecule has 0 aliphatic rings. The summed E-state index contributed by atoms with van der Waals surface area (Å²) in [6.07, 6.45) is 1.64. The predicted octanol–water partition coefficient (Wildman–Crippen LogP) is 1.08. The number of hydrogen-bond donors (Lipinski definition) is 2. The maximum Gasteiger partial charge on any atom is 0.307 e. The first kappa shape index (κ1) is 15.1. The van der Waals surface area contributed by atoms with Gasteiger partial charge >= 0.3 is 11.9 Å². The van der Waals surface area contributed by atoms with Gasteiger partial charge in [0.15, 0.2) is 0 Å². The fourth-order valence-electron chi connectivity index (χ4n) is 1.67. The summed E-state index contributed by atoms with van der Waals surface area (Å²) in [5.74, 6) is -2.33. The van der Waals surface area contributed by atoms with Crippen LogP contribution in [0.25, 0.3) is 0 Å². The van der Waals surface area contributed by atoms with Crippen molar-refractivity contribution in [2.45, 2.75) is 19.9 Å². The minimum absolute atomic E-state index is 0.0147. The van der Waals surface area contributed by atoms with E-state index in [9.17, 15) is 9.59 Å². The number of carbonyl (C=O) groups is 2. The second-order valence-corrected chi connectivity index (χ2v) is 4.44. The van der Waals surface area contributed by atoms with E-state index >= 15 is 0 Å². The molecule has 0 aliphatic heterocycles. The second kappa shape index (κ2) is 7.48. The van der Waals surface area contributed by atoms with Crippen LogP contribution in [-0.4, -0.2) is 45.1 Å². The van der Waals surface area contributed by atoms with Crippen molar-refractivity contribution in [3.05, 3.63) is 30.1 Å². The Bertz CT molecular complexity index is 422. The summed E-state index contributed by atoms with van der Waals surface area (Å²) in [5.41, 5.74) is 0.797. The number of pyridine rings is 1. The van der Waals surface area contributed by atoms with Crippen molar-refractivity contribution in [2.75, 3.05) is 13.1 Å². The van der Waals surface area contributed by atoms with Crippen molar-refractivity contribution in [1.82, 2.24) is 9.88 Å². The highest BCUT2D eigenvalue weighted by Crippen LogP contribution is 2.07. The summed E-state index contributed by atoms with van der Waals surface area (Å²) in [4.78, 5) is 27.4. The van der Waals surface area contributed by atoms with Gasteiger partial charge in [0.1, 0.15) is 0 Å². The SMILES string of the molecule is CC(CN(CCC(=O)O)Cc1ccccn1)C(=O)O. The highest BCUT2D eigenvalue weighted by molar-refractivity contribution is 5.69. The van der Waals surface area contributed by atoms with Crippen LogP contribution in [0.4, 0.5) is 0 Å². The molecule has 0 aliphatic carbocycles. The molecule has 0 saturated carbocycles. The van der Waals surface area contributed by atoms with E-state index in [2.05, 4.69) is 4.98 Å². The Morgan fingerprint density at radius 2 is 2.11 bits per heavy atom. The van der Waals surface area contributed by atoms with Crippen molar-refractivity contribution < 1.29 is 19.8 Å². The van der Waals surface area contributed by atoms with Crippen molar-refractivity contribution in [2.24, 2.45) is 5.92 Å². The molecule has 1 aromatic rings. The van der Waals surface area contributed by atoms with Gasteiger partial charge in [-0.15, -0.1) is 0 Å². The van der Waals surface area contributed by atoms with Crippen LogP contribution in [0.3, 0.4) is 0 Å². The molecule has 1 aromatic heterocycles. The first-order valence-corrected chi connectivity index (χ1v) is 6.06. The minimum Gasteiger partial charge on any atom is -0.481 e. The van der Waals surface area contributed by atoms with Crippen LogP contribution in [0.2, 0.25) is 0 Å². The Labute approximate surface area is 111 Å². The number of carboxylic acid groups (broad SMARTS) is 2. The van der Waals surface area contributed by atoms with Gasteiger partial charge in [-0.25, -0.2) is 0 Å². The van der Waals surface area contributed by atoms with Gasteiger partial charge in [-0.1, -0.05) is 13.0 Å². The molecule has 1 heterocycles. The molecule has 2 N–H and O–H groups in total. The molecule has 0 saturated heterocycles. The Hall–Kier alpha value is -1.95. The van der Waals surface area contributed by atoms with Crippen LogP contribution in [0.1, 0.15) is 19.0 Å². The van der Waals surface area contributed by atoms with Gasteiger partial charge in [-0.3, -0.25) is 19.5 Å². The van der Waals surface area contributed by atoms with Crippen molar-refractivity contribution >= 4 is 11.9 Å². The van der Waals surface area contributed by atoms with E-state index in [1.54, 1.807) is 24.1 Å². The maximum absolute atomic E-state index is 10.9. The molecule has 19 heavy (non-hydrogen) atoms. The molecule has 1 rings (SSSR count). The van der Waals surface area contributed by atoms with E-state index in [0.717, 1.165) is 5.69 Å². The number of rotatable bonds is 8. The number of aliphatic carboxylic acids is 2. The molecule has 0 amide bonds. The lowest BCUT2D eigenvalue weighted by Gasteiger charge is -2.23. The third-order valence-electron chi connectivity index (χ3n) is 2.71. The molecular weight excluding hydrogens is 248 g/mol. The van der Waals surface area contributed by atoms with E-state index in [1.165, 1.54) is 0 Å². The highest BCUT2D eigenvalue weighted by Gasteiger charge is 2.17. The van der Waals surface area contributed by atoms with Crippen LogP contribution < -0.4 is 0 Å². The Morgan fingerprint density at radius 3 is 2.63 bits per heavy atom. The van der Waals surface area contributed by atoms with E-state index in [4.69, 9.17) is 10.2 Å². The van der Waals surface area contributed by atoms with E-state index < -0.39 is 17.9 Å². The number of carboxylic acids is 2. The van der Waals surface area contributed by atoms with Gasteiger partial charge in [0, 0.05) is 25.8 Å². The van der Waals surface area contributed by atoms with Crippen LogP contribution >= 0.6 is 0 Å². The van der Waals surface area contributed by atoms with Gasteiger partial charge in [-0.2, -0.15) is 0 Å². The average Bonchev–Trinajstić information content (AvgIpc) is 2.37. The topological polar surface area (TPSA) is 90.7 Å².